The Hall–Kier alpha value is -2.10. The highest BCUT2D eigenvalue weighted by Gasteiger charge is 2.09. The highest BCUT2D eigenvalue weighted by atomic mass is 16.1. The molecule has 0 aliphatic heterocycles. The van der Waals surface area contributed by atoms with Crippen LogP contribution in [0.3, 0.4) is 0 Å². The molecule has 2 aromatic rings. The monoisotopic (exact) mass is 229 g/mol. The maximum atomic E-state index is 11.8. The van der Waals surface area contributed by atoms with Gasteiger partial charge < -0.3 is 9.88 Å². The second-order valence-corrected chi connectivity index (χ2v) is 4.00. The first-order valence-electron chi connectivity index (χ1n) is 5.47. The number of amides is 1. The SMILES string of the molecule is Cc1ccccc1CNC(=O)c1cncn1C. The van der Waals surface area contributed by atoms with Crippen LogP contribution in [-0.2, 0) is 13.6 Å². The van der Waals surface area contributed by atoms with Crippen molar-refractivity contribution < 1.29 is 4.79 Å². The molecule has 1 amide bonds. The van der Waals surface area contributed by atoms with Gasteiger partial charge in [-0.05, 0) is 18.1 Å². The van der Waals surface area contributed by atoms with Gasteiger partial charge in [-0.2, -0.15) is 0 Å². The molecule has 0 aliphatic carbocycles. The van der Waals surface area contributed by atoms with Crippen LogP contribution in [0.15, 0.2) is 36.8 Å². The van der Waals surface area contributed by atoms with E-state index in [0.717, 1.165) is 5.56 Å². The van der Waals surface area contributed by atoms with Crippen molar-refractivity contribution in [3.63, 3.8) is 0 Å². The first-order valence-corrected chi connectivity index (χ1v) is 5.47. The third-order valence-corrected chi connectivity index (χ3v) is 2.75. The molecule has 0 atom stereocenters. The fourth-order valence-electron chi connectivity index (χ4n) is 1.65. The Bertz CT molecular complexity index is 531. The van der Waals surface area contributed by atoms with Crippen molar-refractivity contribution in [2.45, 2.75) is 13.5 Å². The van der Waals surface area contributed by atoms with Crippen molar-refractivity contribution in [3.8, 4) is 0 Å². The Morgan fingerprint density at radius 1 is 1.41 bits per heavy atom. The van der Waals surface area contributed by atoms with Crippen molar-refractivity contribution in [2.24, 2.45) is 7.05 Å². The van der Waals surface area contributed by atoms with Gasteiger partial charge >= 0.3 is 0 Å². The topological polar surface area (TPSA) is 46.9 Å². The van der Waals surface area contributed by atoms with E-state index in [1.54, 1.807) is 24.1 Å². The first-order chi connectivity index (χ1) is 8.18. The lowest BCUT2D eigenvalue weighted by atomic mass is 10.1. The lowest BCUT2D eigenvalue weighted by Gasteiger charge is -2.07. The predicted molar refractivity (Wildman–Crippen MR) is 65.6 cm³/mol. The minimum atomic E-state index is -0.103. The molecule has 1 heterocycles. The van der Waals surface area contributed by atoms with Crippen LogP contribution in [0.1, 0.15) is 21.6 Å². The Kier molecular flexibility index (Phi) is 3.23. The van der Waals surface area contributed by atoms with E-state index in [-0.39, 0.29) is 5.91 Å². The number of rotatable bonds is 3. The molecule has 0 bridgehead atoms. The number of carbonyl (C=O) groups is 1. The smallest absolute Gasteiger partial charge is 0.269 e. The van der Waals surface area contributed by atoms with E-state index < -0.39 is 0 Å². The second kappa shape index (κ2) is 4.82. The van der Waals surface area contributed by atoms with E-state index in [4.69, 9.17) is 0 Å². The van der Waals surface area contributed by atoms with Gasteiger partial charge in [0, 0.05) is 13.6 Å². The van der Waals surface area contributed by atoms with E-state index in [1.807, 2.05) is 31.2 Å². The number of nitrogens with zero attached hydrogens (tertiary/aromatic N) is 2. The standard InChI is InChI=1S/C13H15N3O/c1-10-5-3-4-6-11(10)7-15-13(17)12-8-14-9-16(12)2/h3-6,8-9H,7H2,1-2H3,(H,15,17). The fraction of sp³-hybridized carbons (Fsp3) is 0.231. The molecule has 0 fully saturated rings. The number of imidazole rings is 1. The molecule has 1 N–H and O–H groups in total. The summed E-state index contributed by atoms with van der Waals surface area (Å²) in [5, 5.41) is 2.88. The summed E-state index contributed by atoms with van der Waals surface area (Å²) in [6.07, 6.45) is 3.18. The van der Waals surface area contributed by atoms with Crippen LogP contribution in [0, 0.1) is 6.92 Å². The molecule has 0 saturated carbocycles. The van der Waals surface area contributed by atoms with E-state index in [9.17, 15) is 4.79 Å². The van der Waals surface area contributed by atoms with Gasteiger partial charge in [0.25, 0.3) is 5.91 Å². The highest BCUT2D eigenvalue weighted by molar-refractivity contribution is 5.92. The molecule has 0 unspecified atom stereocenters. The van der Waals surface area contributed by atoms with E-state index in [2.05, 4.69) is 10.3 Å². The zero-order chi connectivity index (χ0) is 12.3. The summed E-state index contributed by atoms with van der Waals surface area (Å²) < 4.78 is 1.70. The Labute approximate surface area is 100 Å². The van der Waals surface area contributed by atoms with Crippen LogP contribution in [0.2, 0.25) is 0 Å². The maximum absolute atomic E-state index is 11.8. The van der Waals surface area contributed by atoms with Gasteiger partial charge in [0.2, 0.25) is 0 Å². The average molecular weight is 229 g/mol. The maximum Gasteiger partial charge on any atom is 0.269 e. The molecule has 2 rings (SSSR count). The Morgan fingerprint density at radius 3 is 2.82 bits per heavy atom. The van der Waals surface area contributed by atoms with E-state index in [0.29, 0.717) is 12.2 Å². The van der Waals surface area contributed by atoms with Gasteiger partial charge in [-0.25, -0.2) is 4.98 Å². The summed E-state index contributed by atoms with van der Waals surface area (Å²) in [4.78, 5) is 15.8. The number of hydrogen-bond donors (Lipinski definition) is 1. The van der Waals surface area contributed by atoms with Crippen LogP contribution in [-0.4, -0.2) is 15.5 Å². The van der Waals surface area contributed by atoms with Crippen molar-refractivity contribution >= 4 is 5.91 Å². The lowest BCUT2D eigenvalue weighted by Crippen LogP contribution is -2.25. The van der Waals surface area contributed by atoms with Gasteiger partial charge in [-0.1, -0.05) is 24.3 Å². The summed E-state index contributed by atoms with van der Waals surface area (Å²) in [6, 6.07) is 8.00. The van der Waals surface area contributed by atoms with Crippen molar-refractivity contribution in [1.29, 1.82) is 0 Å². The third-order valence-electron chi connectivity index (χ3n) is 2.75. The molecule has 1 aromatic carbocycles. The minimum Gasteiger partial charge on any atom is -0.347 e. The molecule has 0 radical (unpaired) electrons. The van der Waals surface area contributed by atoms with E-state index >= 15 is 0 Å². The van der Waals surface area contributed by atoms with Gasteiger partial charge in [0.1, 0.15) is 5.69 Å². The summed E-state index contributed by atoms with van der Waals surface area (Å²) >= 11 is 0. The van der Waals surface area contributed by atoms with Crippen molar-refractivity contribution in [3.05, 3.63) is 53.6 Å². The van der Waals surface area contributed by atoms with Crippen LogP contribution < -0.4 is 5.32 Å². The second-order valence-electron chi connectivity index (χ2n) is 4.00. The number of hydrogen-bond acceptors (Lipinski definition) is 2. The number of aromatic nitrogens is 2. The van der Waals surface area contributed by atoms with Gasteiger partial charge in [0.05, 0.1) is 12.5 Å². The van der Waals surface area contributed by atoms with Gasteiger partial charge in [-0.15, -0.1) is 0 Å². The molecule has 0 aliphatic rings. The van der Waals surface area contributed by atoms with E-state index in [1.165, 1.54) is 5.56 Å². The first kappa shape index (κ1) is 11.4. The Balaban J connectivity index is 2.02. The zero-order valence-corrected chi connectivity index (χ0v) is 9.97. The minimum absolute atomic E-state index is 0.103. The van der Waals surface area contributed by atoms with Crippen LogP contribution in [0.25, 0.3) is 0 Å². The third kappa shape index (κ3) is 2.53. The molecule has 0 spiro atoms. The number of nitrogens with one attached hydrogen (secondary N) is 1. The van der Waals surface area contributed by atoms with Crippen molar-refractivity contribution in [1.82, 2.24) is 14.9 Å². The van der Waals surface area contributed by atoms with Gasteiger partial charge in [0.15, 0.2) is 0 Å². The van der Waals surface area contributed by atoms with Crippen LogP contribution in [0.4, 0.5) is 0 Å². The highest BCUT2D eigenvalue weighted by Crippen LogP contribution is 2.06. The summed E-state index contributed by atoms with van der Waals surface area (Å²) in [7, 11) is 1.80. The summed E-state index contributed by atoms with van der Waals surface area (Å²) in [5.74, 6) is -0.103. The van der Waals surface area contributed by atoms with Crippen LogP contribution in [0.5, 0.6) is 0 Å². The molecule has 17 heavy (non-hydrogen) atoms. The lowest BCUT2D eigenvalue weighted by molar-refractivity contribution is 0.0942. The molecular weight excluding hydrogens is 214 g/mol. The zero-order valence-electron chi connectivity index (χ0n) is 9.97. The van der Waals surface area contributed by atoms with Crippen molar-refractivity contribution in [2.75, 3.05) is 0 Å². The predicted octanol–water partition coefficient (Wildman–Crippen LogP) is 1.66. The molecule has 1 aromatic heterocycles. The number of benzene rings is 1. The summed E-state index contributed by atoms with van der Waals surface area (Å²) in [6.45, 7) is 2.57. The number of aryl methyl sites for hydroxylation is 2. The molecule has 88 valence electrons. The normalized spacial score (nSPS) is 10.2. The molecule has 0 saturated heterocycles. The average Bonchev–Trinajstić information content (AvgIpc) is 2.74. The fourth-order valence-corrected chi connectivity index (χ4v) is 1.65. The quantitative estimate of drug-likeness (QED) is 0.870. The summed E-state index contributed by atoms with van der Waals surface area (Å²) in [5.41, 5.74) is 2.87. The number of carbonyl (C=O) groups excluding carboxylic acids is 1. The molecular formula is C13H15N3O. The largest absolute Gasteiger partial charge is 0.347 e. The molecule has 4 nitrogen and oxygen atoms in total. The van der Waals surface area contributed by atoms with Crippen LogP contribution >= 0.6 is 0 Å². The van der Waals surface area contributed by atoms with Gasteiger partial charge in [-0.3, -0.25) is 4.79 Å². The Morgan fingerprint density at radius 2 is 2.18 bits per heavy atom. The molecule has 4 heteroatoms.